The molecule has 18 heavy (non-hydrogen) atoms. The van der Waals surface area contributed by atoms with E-state index >= 15 is 0 Å². The van der Waals surface area contributed by atoms with Crippen molar-refractivity contribution >= 4 is 15.9 Å². The Morgan fingerprint density at radius 2 is 2.22 bits per heavy atom. The summed E-state index contributed by atoms with van der Waals surface area (Å²) in [5.74, 6) is 0.590. The van der Waals surface area contributed by atoms with Gasteiger partial charge in [-0.15, -0.1) is 0 Å². The quantitative estimate of drug-likeness (QED) is 0.846. The molecule has 0 bridgehead atoms. The van der Waals surface area contributed by atoms with Crippen LogP contribution in [0.2, 0.25) is 0 Å². The minimum atomic E-state index is -0.660. The fourth-order valence-electron chi connectivity index (χ4n) is 2.99. The van der Waals surface area contributed by atoms with Gasteiger partial charge in [-0.2, -0.15) is 0 Å². The number of aliphatic hydroxyl groups excluding tert-OH is 1. The average molecular weight is 315 g/mol. The molecule has 1 fully saturated rings. The molecule has 1 saturated carbocycles. The van der Waals surface area contributed by atoms with Gasteiger partial charge in [-0.3, -0.25) is 0 Å². The van der Waals surface area contributed by atoms with Crippen molar-refractivity contribution in [3.8, 4) is 0 Å². The molecule has 100 valence electrons. The Balaban J connectivity index is 2.12. The molecule has 0 amide bonds. The predicted molar refractivity (Wildman–Crippen MR) is 74.8 cm³/mol. The molecule has 0 aromatic heterocycles. The van der Waals surface area contributed by atoms with Crippen molar-refractivity contribution in [2.24, 2.45) is 11.8 Å². The molecule has 0 aliphatic heterocycles. The average Bonchev–Trinajstić information content (AvgIpc) is 2.38. The summed E-state index contributed by atoms with van der Waals surface area (Å²) >= 11 is 3.24. The maximum atomic E-state index is 13.8. The van der Waals surface area contributed by atoms with Crippen LogP contribution >= 0.6 is 15.9 Å². The van der Waals surface area contributed by atoms with Crippen LogP contribution < -0.4 is 0 Å². The molecule has 1 aliphatic carbocycles. The Labute approximate surface area is 117 Å². The Kier molecular flexibility index (Phi) is 4.79. The largest absolute Gasteiger partial charge is 0.388 e. The number of benzene rings is 1. The monoisotopic (exact) mass is 314 g/mol. The van der Waals surface area contributed by atoms with Crippen molar-refractivity contribution < 1.29 is 9.50 Å². The van der Waals surface area contributed by atoms with Crippen LogP contribution in [-0.4, -0.2) is 5.11 Å². The minimum absolute atomic E-state index is 0.208. The summed E-state index contributed by atoms with van der Waals surface area (Å²) in [7, 11) is 0. The first-order valence-electron chi connectivity index (χ1n) is 6.74. The highest BCUT2D eigenvalue weighted by Crippen LogP contribution is 2.39. The van der Waals surface area contributed by atoms with Gasteiger partial charge >= 0.3 is 0 Å². The maximum absolute atomic E-state index is 13.8. The maximum Gasteiger partial charge on any atom is 0.130 e. The van der Waals surface area contributed by atoms with Gasteiger partial charge in [0.2, 0.25) is 0 Å². The van der Waals surface area contributed by atoms with Gasteiger partial charge in [0.15, 0.2) is 0 Å². The van der Waals surface area contributed by atoms with Crippen LogP contribution in [0.15, 0.2) is 22.7 Å². The second kappa shape index (κ2) is 6.16. The standard InChI is InChI=1S/C15H20BrFO/c1-2-10-4-3-5-11(8-10)15(18)13-7-6-12(16)9-14(13)17/h6-7,9-11,15,18H,2-5,8H2,1H3. The minimum Gasteiger partial charge on any atom is -0.388 e. The zero-order valence-corrected chi connectivity index (χ0v) is 12.3. The summed E-state index contributed by atoms with van der Waals surface area (Å²) in [4.78, 5) is 0. The van der Waals surface area contributed by atoms with E-state index in [2.05, 4.69) is 22.9 Å². The van der Waals surface area contributed by atoms with Crippen LogP contribution in [0.4, 0.5) is 4.39 Å². The van der Waals surface area contributed by atoms with Crippen LogP contribution in [0.5, 0.6) is 0 Å². The molecule has 1 N–H and O–H groups in total. The van der Waals surface area contributed by atoms with Gasteiger partial charge in [-0.25, -0.2) is 4.39 Å². The summed E-state index contributed by atoms with van der Waals surface area (Å²) < 4.78 is 14.6. The van der Waals surface area contributed by atoms with Crippen molar-refractivity contribution in [3.63, 3.8) is 0 Å². The molecule has 1 nitrogen and oxygen atoms in total. The molecule has 3 unspecified atom stereocenters. The summed E-state index contributed by atoms with van der Waals surface area (Å²) in [5.41, 5.74) is 0.444. The zero-order valence-electron chi connectivity index (χ0n) is 10.7. The van der Waals surface area contributed by atoms with Crippen LogP contribution in [0.3, 0.4) is 0 Å². The van der Waals surface area contributed by atoms with E-state index in [1.165, 1.54) is 12.5 Å². The second-order valence-electron chi connectivity index (χ2n) is 5.31. The van der Waals surface area contributed by atoms with E-state index in [1.54, 1.807) is 12.1 Å². The highest BCUT2D eigenvalue weighted by molar-refractivity contribution is 9.10. The highest BCUT2D eigenvalue weighted by atomic mass is 79.9. The normalized spacial score (nSPS) is 26.0. The zero-order chi connectivity index (χ0) is 13.1. The molecule has 1 aromatic rings. The van der Waals surface area contributed by atoms with Crippen LogP contribution in [-0.2, 0) is 0 Å². The van der Waals surface area contributed by atoms with Gasteiger partial charge in [0.25, 0.3) is 0 Å². The van der Waals surface area contributed by atoms with Crippen molar-refractivity contribution in [2.75, 3.05) is 0 Å². The van der Waals surface area contributed by atoms with Crippen molar-refractivity contribution in [1.29, 1.82) is 0 Å². The van der Waals surface area contributed by atoms with E-state index in [0.717, 1.165) is 25.7 Å². The first-order valence-corrected chi connectivity index (χ1v) is 7.54. The van der Waals surface area contributed by atoms with Gasteiger partial charge in [-0.1, -0.05) is 48.2 Å². The fourth-order valence-corrected chi connectivity index (χ4v) is 3.32. The Morgan fingerprint density at radius 3 is 2.89 bits per heavy atom. The van der Waals surface area contributed by atoms with Crippen LogP contribution in [0, 0.1) is 17.7 Å². The van der Waals surface area contributed by atoms with Gasteiger partial charge in [-0.05, 0) is 36.8 Å². The number of hydrogen-bond donors (Lipinski definition) is 1. The molecule has 3 heteroatoms. The lowest BCUT2D eigenvalue weighted by Crippen LogP contribution is -2.22. The molecule has 3 atom stereocenters. The van der Waals surface area contributed by atoms with Crippen LogP contribution in [0.1, 0.15) is 50.7 Å². The Morgan fingerprint density at radius 1 is 1.44 bits per heavy atom. The predicted octanol–water partition coefficient (Wildman–Crippen LogP) is 4.84. The SMILES string of the molecule is CCC1CCCC(C(O)c2ccc(Br)cc2F)C1. The molecule has 2 rings (SSSR count). The number of halogens is 2. The lowest BCUT2D eigenvalue weighted by molar-refractivity contribution is 0.0650. The first-order chi connectivity index (χ1) is 8.61. The van der Waals surface area contributed by atoms with E-state index in [1.807, 2.05) is 0 Å². The molecule has 0 heterocycles. The molecule has 1 aromatic carbocycles. The van der Waals surface area contributed by atoms with E-state index in [9.17, 15) is 9.50 Å². The first kappa shape index (κ1) is 14.0. The molecule has 0 saturated heterocycles. The van der Waals surface area contributed by atoms with E-state index < -0.39 is 6.10 Å². The van der Waals surface area contributed by atoms with Gasteiger partial charge < -0.3 is 5.11 Å². The van der Waals surface area contributed by atoms with E-state index in [-0.39, 0.29) is 11.7 Å². The Hall–Kier alpha value is -0.410. The van der Waals surface area contributed by atoms with Crippen molar-refractivity contribution in [1.82, 2.24) is 0 Å². The van der Waals surface area contributed by atoms with E-state index in [4.69, 9.17) is 0 Å². The molecule has 0 spiro atoms. The smallest absolute Gasteiger partial charge is 0.130 e. The Bertz CT molecular complexity index is 407. The summed E-state index contributed by atoms with van der Waals surface area (Å²) in [6, 6.07) is 4.92. The molecule has 1 aliphatic rings. The number of hydrogen-bond acceptors (Lipinski definition) is 1. The van der Waals surface area contributed by atoms with E-state index in [0.29, 0.717) is 16.0 Å². The topological polar surface area (TPSA) is 20.2 Å². The second-order valence-corrected chi connectivity index (χ2v) is 6.23. The fraction of sp³-hybridized carbons (Fsp3) is 0.600. The summed E-state index contributed by atoms with van der Waals surface area (Å²) in [6.07, 6.45) is 4.93. The highest BCUT2D eigenvalue weighted by Gasteiger charge is 2.28. The molecular weight excluding hydrogens is 295 g/mol. The van der Waals surface area contributed by atoms with Crippen LogP contribution in [0.25, 0.3) is 0 Å². The van der Waals surface area contributed by atoms with Gasteiger partial charge in [0.1, 0.15) is 5.82 Å². The lowest BCUT2D eigenvalue weighted by Gasteiger charge is -2.32. The summed E-state index contributed by atoms with van der Waals surface area (Å²) in [5, 5.41) is 10.4. The third-order valence-electron chi connectivity index (χ3n) is 4.13. The number of aliphatic hydroxyl groups is 1. The van der Waals surface area contributed by atoms with Gasteiger partial charge in [0.05, 0.1) is 6.10 Å². The van der Waals surface area contributed by atoms with Crippen molar-refractivity contribution in [2.45, 2.75) is 45.1 Å². The van der Waals surface area contributed by atoms with Gasteiger partial charge in [0, 0.05) is 10.0 Å². The molecule has 0 radical (unpaired) electrons. The third kappa shape index (κ3) is 3.12. The lowest BCUT2D eigenvalue weighted by atomic mass is 9.76. The summed E-state index contributed by atoms with van der Waals surface area (Å²) in [6.45, 7) is 2.19. The third-order valence-corrected chi connectivity index (χ3v) is 4.62. The molecular formula is C15H20BrFO. The van der Waals surface area contributed by atoms with Crippen molar-refractivity contribution in [3.05, 3.63) is 34.1 Å². The number of rotatable bonds is 3.